The van der Waals surface area contributed by atoms with E-state index in [0.29, 0.717) is 29.6 Å². The molecule has 0 aliphatic carbocycles. The lowest BCUT2D eigenvalue weighted by Gasteiger charge is -2.07. The zero-order chi connectivity index (χ0) is 17.1. The predicted octanol–water partition coefficient (Wildman–Crippen LogP) is 3.52. The van der Waals surface area contributed by atoms with Crippen molar-refractivity contribution >= 4 is 22.7 Å². The lowest BCUT2D eigenvalue weighted by molar-refractivity contribution is -0.116. The van der Waals surface area contributed by atoms with Crippen LogP contribution < -0.4 is 0 Å². The first-order valence-corrected chi connectivity index (χ1v) is 7.63. The van der Waals surface area contributed by atoms with Gasteiger partial charge in [-0.3, -0.25) is 0 Å². The second kappa shape index (κ2) is 6.58. The van der Waals surface area contributed by atoms with Crippen LogP contribution in [0.25, 0.3) is 22.3 Å². The zero-order valence-corrected chi connectivity index (χ0v) is 13.2. The number of carbonyl (C=O) groups is 2. The highest BCUT2D eigenvalue weighted by Gasteiger charge is 2.14. The van der Waals surface area contributed by atoms with Gasteiger partial charge in [0.2, 0.25) is 0 Å². The lowest BCUT2D eigenvalue weighted by Crippen LogP contribution is -2.04. The highest BCUT2D eigenvalue weighted by Crippen LogP contribution is 2.22. The van der Waals surface area contributed by atoms with E-state index in [9.17, 15) is 14.7 Å². The topological polar surface area (TPSA) is 80.2 Å². The third-order valence-electron chi connectivity index (χ3n) is 3.78. The molecule has 3 rings (SSSR count). The SMILES string of the molecule is CC(=O)CCc1ccc(-c2nc(C(=O)O)c3ccccc3n2)cc1. The van der Waals surface area contributed by atoms with Gasteiger partial charge in [-0.15, -0.1) is 0 Å². The van der Waals surface area contributed by atoms with Crippen LogP contribution in [0.2, 0.25) is 0 Å². The Bertz CT molecular complexity index is 918. The summed E-state index contributed by atoms with van der Waals surface area (Å²) in [5.41, 5.74) is 2.39. The lowest BCUT2D eigenvalue weighted by atomic mass is 10.1. The van der Waals surface area contributed by atoms with Gasteiger partial charge in [-0.2, -0.15) is 0 Å². The van der Waals surface area contributed by atoms with Crippen LogP contribution in [0.15, 0.2) is 48.5 Å². The molecule has 0 unspecified atom stereocenters. The molecule has 120 valence electrons. The van der Waals surface area contributed by atoms with Crippen LogP contribution in [0.3, 0.4) is 0 Å². The highest BCUT2D eigenvalue weighted by molar-refractivity contribution is 6.01. The van der Waals surface area contributed by atoms with Gasteiger partial charge in [0, 0.05) is 17.4 Å². The molecule has 0 radical (unpaired) electrons. The van der Waals surface area contributed by atoms with E-state index in [0.717, 1.165) is 11.1 Å². The maximum atomic E-state index is 11.5. The molecule has 5 heteroatoms. The van der Waals surface area contributed by atoms with Crippen LogP contribution in [-0.4, -0.2) is 26.8 Å². The first-order valence-electron chi connectivity index (χ1n) is 7.63. The van der Waals surface area contributed by atoms with E-state index in [-0.39, 0.29) is 11.5 Å². The van der Waals surface area contributed by atoms with Crippen LogP contribution in [-0.2, 0) is 11.2 Å². The number of aryl methyl sites for hydroxylation is 1. The van der Waals surface area contributed by atoms with Gasteiger partial charge < -0.3 is 9.90 Å². The molecule has 2 aromatic carbocycles. The van der Waals surface area contributed by atoms with Crippen molar-refractivity contribution in [1.29, 1.82) is 0 Å². The fourth-order valence-electron chi connectivity index (χ4n) is 2.51. The monoisotopic (exact) mass is 320 g/mol. The highest BCUT2D eigenvalue weighted by atomic mass is 16.4. The minimum absolute atomic E-state index is 0.00347. The Kier molecular flexibility index (Phi) is 4.33. The summed E-state index contributed by atoms with van der Waals surface area (Å²) in [7, 11) is 0. The quantitative estimate of drug-likeness (QED) is 0.778. The minimum Gasteiger partial charge on any atom is -0.476 e. The van der Waals surface area contributed by atoms with E-state index in [2.05, 4.69) is 9.97 Å². The van der Waals surface area contributed by atoms with E-state index >= 15 is 0 Å². The Labute approximate surface area is 139 Å². The third kappa shape index (κ3) is 3.30. The molecule has 0 saturated carbocycles. The summed E-state index contributed by atoms with van der Waals surface area (Å²) in [6.45, 7) is 1.57. The molecule has 0 amide bonds. The van der Waals surface area contributed by atoms with Gasteiger partial charge in [-0.1, -0.05) is 42.5 Å². The molecule has 0 bridgehead atoms. The van der Waals surface area contributed by atoms with Gasteiger partial charge >= 0.3 is 5.97 Å². The summed E-state index contributed by atoms with van der Waals surface area (Å²) >= 11 is 0. The molecule has 0 atom stereocenters. The molecule has 1 aromatic heterocycles. The molecule has 0 aliphatic heterocycles. The number of rotatable bonds is 5. The summed E-state index contributed by atoms with van der Waals surface area (Å²) in [6.07, 6.45) is 1.20. The molecule has 0 spiro atoms. The van der Waals surface area contributed by atoms with Crippen molar-refractivity contribution < 1.29 is 14.7 Å². The number of aromatic nitrogens is 2. The second-order valence-corrected chi connectivity index (χ2v) is 5.62. The van der Waals surface area contributed by atoms with Crippen LogP contribution in [0, 0.1) is 0 Å². The van der Waals surface area contributed by atoms with Crippen molar-refractivity contribution in [2.75, 3.05) is 0 Å². The molecule has 1 N–H and O–H groups in total. The summed E-state index contributed by atoms with van der Waals surface area (Å²) in [5.74, 6) is -0.541. The summed E-state index contributed by atoms with van der Waals surface area (Å²) in [5, 5.41) is 9.92. The number of hydrogen-bond acceptors (Lipinski definition) is 4. The normalized spacial score (nSPS) is 10.7. The molecule has 5 nitrogen and oxygen atoms in total. The van der Waals surface area contributed by atoms with Crippen LogP contribution in [0.1, 0.15) is 29.4 Å². The molecule has 0 saturated heterocycles. The average molecular weight is 320 g/mol. The minimum atomic E-state index is -1.08. The Morgan fingerprint density at radius 1 is 1.00 bits per heavy atom. The molecule has 24 heavy (non-hydrogen) atoms. The van der Waals surface area contributed by atoms with Crippen LogP contribution in [0.4, 0.5) is 0 Å². The predicted molar refractivity (Wildman–Crippen MR) is 90.9 cm³/mol. The van der Waals surface area contributed by atoms with Crippen molar-refractivity contribution in [2.45, 2.75) is 19.8 Å². The summed E-state index contributed by atoms with van der Waals surface area (Å²) < 4.78 is 0. The number of hydrogen-bond donors (Lipinski definition) is 1. The van der Waals surface area contributed by atoms with Gasteiger partial charge in [0.1, 0.15) is 5.78 Å². The van der Waals surface area contributed by atoms with Gasteiger partial charge in [0.05, 0.1) is 5.52 Å². The second-order valence-electron chi connectivity index (χ2n) is 5.62. The van der Waals surface area contributed by atoms with Crippen molar-refractivity contribution in [1.82, 2.24) is 9.97 Å². The van der Waals surface area contributed by atoms with Gasteiger partial charge in [-0.25, -0.2) is 14.8 Å². The molecule has 3 aromatic rings. The molecular weight excluding hydrogens is 304 g/mol. The largest absolute Gasteiger partial charge is 0.476 e. The van der Waals surface area contributed by atoms with Crippen molar-refractivity contribution in [2.24, 2.45) is 0 Å². The average Bonchev–Trinajstić information content (AvgIpc) is 2.59. The first-order chi connectivity index (χ1) is 11.5. The van der Waals surface area contributed by atoms with E-state index in [1.54, 1.807) is 25.1 Å². The summed E-state index contributed by atoms with van der Waals surface area (Å²) in [4.78, 5) is 31.2. The number of carboxylic acid groups (broad SMARTS) is 1. The third-order valence-corrected chi connectivity index (χ3v) is 3.78. The Hall–Kier alpha value is -3.08. The number of Topliss-reactive ketones (excluding diaryl/α,β-unsaturated/α-hetero) is 1. The Morgan fingerprint density at radius 3 is 2.38 bits per heavy atom. The number of fused-ring (bicyclic) bond motifs is 1. The van der Waals surface area contributed by atoms with Gasteiger partial charge in [0.25, 0.3) is 0 Å². The number of carboxylic acids is 1. The smallest absolute Gasteiger partial charge is 0.355 e. The van der Waals surface area contributed by atoms with Crippen molar-refractivity contribution in [3.63, 3.8) is 0 Å². The van der Waals surface area contributed by atoms with Crippen molar-refractivity contribution in [3.8, 4) is 11.4 Å². The maximum Gasteiger partial charge on any atom is 0.355 e. The van der Waals surface area contributed by atoms with Gasteiger partial charge in [0.15, 0.2) is 11.5 Å². The zero-order valence-electron chi connectivity index (χ0n) is 13.2. The number of aromatic carboxylic acids is 1. The number of carbonyl (C=O) groups excluding carboxylic acids is 1. The number of benzene rings is 2. The molecular formula is C19H16N2O3. The molecule has 1 heterocycles. The number of para-hydroxylation sites is 1. The van der Waals surface area contributed by atoms with E-state index in [4.69, 9.17) is 0 Å². The number of nitrogens with zero attached hydrogens (tertiary/aromatic N) is 2. The van der Waals surface area contributed by atoms with E-state index in [1.807, 2.05) is 30.3 Å². The van der Waals surface area contributed by atoms with E-state index < -0.39 is 5.97 Å². The number of ketones is 1. The van der Waals surface area contributed by atoms with Crippen LogP contribution >= 0.6 is 0 Å². The van der Waals surface area contributed by atoms with Gasteiger partial charge in [-0.05, 0) is 25.0 Å². The fourth-order valence-corrected chi connectivity index (χ4v) is 2.51. The maximum absolute atomic E-state index is 11.5. The van der Waals surface area contributed by atoms with Crippen molar-refractivity contribution in [3.05, 3.63) is 59.8 Å². The van der Waals surface area contributed by atoms with E-state index in [1.165, 1.54) is 0 Å². The Balaban J connectivity index is 2.00. The first kappa shape index (κ1) is 15.8. The Morgan fingerprint density at radius 2 is 1.71 bits per heavy atom. The molecule has 0 fully saturated rings. The standard InChI is InChI=1S/C19H16N2O3/c1-12(22)6-7-13-8-10-14(11-9-13)18-20-16-5-3-2-4-15(16)17(21-18)19(23)24/h2-5,8-11H,6-7H2,1H3,(H,23,24). The summed E-state index contributed by atoms with van der Waals surface area (Å²) in [6, 6.07) is 14.6. The molecule has 0 aliphatic rings. The fraction of sp³-hybridized carbons (Fsp3) is 0.158. The van der Waals surface area contributed by atoms with Crippen LogP contribution in [0.5, 0.6) is 0 Å².